The second kappa shape index (κ2) is 6.06. The minimum absolute atomic E-state index is 0.136. The zero-order chi connectivity index (χ0) is 17.4. The minimum Gasteiger partial charge on any atom is -0.454 e. The second-order valence-corrected chi connectivity index (χ2v) is 6.26. The molecule has 3 aromatic rings. The summed E-state index contributed by atoms with van der Waals surface area (Å²) in [4.78, 5) is 17.2. The molecule has 4 rings (SSSR count). The Morgan fingerprint density at radius 1 is 1.16 bits per heavy atom. The van der Waals surface area contributed by atoms with Crippen molar-refractivity contribution in [3.63, 3.8) is 0 Å². The van der Waals surface area contributed by atoms with Crippen molar-refractivity contribution in [1.29, 1.82) is 0 Å². The molecule has 6 nitrogen and oxygen atoms in total. The van der Waals surface area contributed by atoms with Gasteiger partial charge in [0.25, 0.3) is 0 Å². The Morgan fingerprint density at radius 3 is 2.72 bits per heavy atom. The lowest BCUT2D eigenvalue weighted by atomic mass is 10.1. The van der Waals surface area contributed by atoms with Gasteiger partial charge in [0.2, 0.25) is 12.6 Å². The van der Waals surface area contributed by atoms with E-state index in [2.05, 4.69) is 10.3 Å². The van der Waals surface area contributed by atoms with Crippen LogP contribution in [0.3, 0.4) is 0 Å². The number of hydrogen-bond acceptors (Lipinski definition) is 7. The quantitative estimate of drug-likeness (QED) is 0.694. The molecule has 2 aromatic carbocycles. The van der Waals surface area contributed by atoms with E-state index < -0.39 is 0 Å². The third-order valence-corrected chi connectivity index (χ3v) is 4.58. The number of benzene rings is 2. The number of fused-ring (bicyclic) bond motifs is 1. The molecule has 0 aliphatic carbocycles. The molecule has 0 amide bonds. The number of nitrogen functional groups attached to an aromatic ring is 1. The van der Waals surface area contributed by atoms with Gasteiger partial charge in [-0.15, -0.1) is 0 Å². The summed E-state index contributed by atoms with van der Waals surface area (Å²) in [6.45, 7) is 0.140. The Bertz CT molecular complexity index is 956. The van der Waals surface area contributed by atoms with E-state index in [9.17, 15) is 9.18 Å². The van der Waals surface area contributed by atoms with Crippen LogP contribution in [0.2, 0.25) is 0 Å². The first kappa shape index (κ1) is 15.4. The number of nitrogens with two attached hydrogens (primary N) is 1. The number of carbonyl (C=O) groups is 1. The first-order chi connectivity index (χ1) is 12.1. The molecular weight excluding hydrogens is 345 g/mol. The Labute approximate surface area is 146 Å². The van der Waals surface area contributed by atoms with Crippen molar-refractivity contribution < 1.29 is 18.7 Å². The van der Waals surface area contributed by atoms with E-state index >= 15 is 0 Å². The van der Waals surface area contributed by atoms with Gasteiger partial charge >= 0.3 is 0 Å². The van der Waals surface area contributed by atoms with Gasteiger partial charge in [-0.2, -0.15) is 0 Å². The van der Waals surface area contributed by atoms with Crippen molar-refractivity contribution in [3.05, 3.63) is 58.7 Å². The summed E-state index contributed by atoms with van der Waals surface area (Å²) < 4.78 is 23.5. The van der Waals surface area contributed by atoms with Crippen LogP contribution < -0.4 is 20.5 Å². The molecule has 0 radical (unpaired) electrons. The highest BCUT2D eigenvalue weighted by Gasteiger charge is 2.21. The van der Waals surface area contributed by atoms with E-state index in [0.717, 1.165) is 11.3 Å². The monoisotopic (exact) mass is 357 g/mol. The van der Waals surface area contributed by atoms with Gasteiger partial charge < -0.3 is 20.5 Å². The van der Waals surface area contributed by atoms with Crippen LogP contribution in [0.25, 0.3) is 0 Å². The molecule has 2 heterocycles. The lowest BCUT2D eigenvalue weighted by Crippen LogP contribution is -2.02. The molecule has 0 fully saturated rings. The maximum Gasteiger partial charge on any atom is 0.231 e. The van der Waals surface area contributed by atoms with E-state index in [1.54, 1.807) is 30.3 Å². The maximum atomic E-state index is 13.0. The van der Waals surface area contributed by atoms with Crippen molar-refractivity contribution in [3.8, 4) is 11.5 Å². The van der Waals surface area contributed by atoms with Crippen molar-refractivity contribution in [2.45, 2.75) is 0 Å². The number of aromatic nitrogens is 1. The van der Waals surface area contributed by atoms with Gasteiger partial charge in [-0.1, -0.05) is 11.3 Å². The Morgan fingerprint density at radius 2 is 1.92 bits per heavy atom. The number of anilines is 3. The fraction of sp³-hybridized carbons (Fsp3) is 0.0588. The largest absolute Gasteiger partial charge is 0.454 e. The van der Waals surface area contributed by atoms with Crippen molar-refractivity contribution in [2.24, 2.45) is 0 Å². The smallest absolute Gasteiger partial charge is 0.231 e. The number of hydrogen-bond donors (Lipinski definition) is 2. The van der Waals surface area contributed by atoms with E-state index in [1.807, 2.05) is 0 Å². The number of halogens is 1. The van der Waals surface area contributed by atoms with Crippen LogP contribution in [0.15, 0.2) is 42.5 Å². The molecule has 3 N–H and O–H groups in total. The van der Waals surface area contributed by atoms with Crippen LogP contribution in [0, 0.1) is 5.82 Å². The summed E-state index contributed by atoms with van der Waals surface area (Å²) in [7, 11) is 0. The van der Waals surface area contributed by atoms with Gasteiger partial charge in [-0.25, -0.2) is 9.37 Å². The van der Waals surface area contributed by atoms with Gasteiger partial charge in [-0.3, -0.25) is 4.79 Å². The van der Waals surface area contributed by atoms with Gasteiger partial charge in [0.05, 0.1) is 0 Å². The zero-order valence-electron chi connectivity index (χ0n) is 12.8. The number of rotatable bonds is 4. The predicted molar refractivity (Wildman–Crippen MR) is 92.2 cm³/mol. The SMILES string of the molecule is Nc1nc(Nc2ccc(F)cc2)sc1C(=O)c1ccc2c(c1)OCO2. The fourth-order valence-electron chi connectivity index (χ4n) is 2.37. The normalized spacial score (nSPS) is 12.2. The number of ether oxygens (including phenoxy) is 2. The number of nitrogens with one attached hydrogen (secondary N) is 1. The van der Waals surface area contributed by atoms with Crippen LogP contribution in [0.1, 0.15) is 15.2 Å². The van der Waals surface area contributed by atoms with Gasteiger partial charge in [0, 0.05) is 11.3 Å². The molecule has 1 aliphatic rings. The maximum absolute atomic E-state index is 13.0. The number of ketones is 1. The van der Waals surface area contributed by atoms with Crippen molar-refractivity contribution in [2.75, 3.05) is 17.8 Å². The number of carbonyl (C=O) groups excluding carboxylic acids is 1. The molecule has 1 aliphatic heterocycles. The molecule has 8 heteroatoms. The molecule has 1 aromatic heterocycles. The molecule has 0 atom stereocenters. The Hall–Kier alpha value is -3.13. The average molecular weight is 357 g/mol. The predicted octanol–water partition coefficient (Wildman–Crippen LogP) is 3.57. The lowest BCUT2D eigenvalue weighted by Gasteiger charge is -2.01. The standard InChI is InChI=1S/C17H12FN3O3S/c18-10-2-4-11(5-3-10)20-17-21-16(19)15(25-17)14(22)9-1-6-12-13(7-9)24-8-23-12/h1-7H,8,19H2,(H,20,21). The molecule has 0 saturated carbocycles. The molecule has 0 bridgehead atoms. The number of nitrogens with zero attached hydrogens (tertiary/aromatic N) is 1. The molecule has 0 saturated heterocycles. The van der Waals surface area contributed by atoms with E-state index in [-0.39, 0.29) is 24.2 Å². The highest BCUT2D eigenvalue weighted by Crippen LogP contribution is 2.35. The van der Waals surface area contributed by atoms with Gasteiger partial charge in [0.1, 0.15) is 16.5 Å². The first-order valence-electron chi connectivity index (χ1n) is 7.33. The lowest BCUT2D eigenvalue weighted by molar-refractivity contribution is 0.104. The van der Waals surface area contributed by atoms with Crippen molar-refractivity contribution in [1.82, 2.24) is 4.98 Å². The fourth-order valence-corrected chi connectivity index (χ4v) is 3.24. The topological polar surface area (TPSA) is 86.5 Å². The summed E-state index contributed by atoms with van der Waals surface area (Å²) in [6, 6.07) is 10.8. The highest BCUT2D eigenvalue weighted by molar-refractivity contribution is 7.18. The second-order valence-electron chi connectivity index (χ2n) is 5.26. The van der Waals surface area contributed by atoms with Crippen LogP contribution >= 0.6 is 11.3 Å². The summed E-state index contributed by atoms with van der Waals surface area (Å²) >= 11 is 1.13. The van der Waals surface area contributed by atoms with Crippen LogP contribution in [-0.2, 0) is 0 Å². The molecule has 25 heavy (non-hydrogen) atoms. The van der Waals surface area contributed by atoms with E-state index in [1.165, 1.54) is 12.1 Å². The average Bonchev–Trinajstić information content (AvgIpc) is 3.22. The van der Waals surface area contributed by atoms with Crippen LogP contribution in [-0.4, -0.2) is 17.6 Å². The first-order valence-corrected chi connectivity index (χ1v) is 8.15. The third-order valence-electron chi connectivity index (χ3n) is 3.59. The van der Waals surface area contributed by atoms with E-state index in [4.69, 9.17) is 15.2 Å². The minimum atomic E-state index is -0.331. The van der Waals surface area contributed by atoms with Gasteiger partial charge in [-0.05, 0) is 42.5 Å². The summed E-state index contributed by atoms with van der Waals surface area (Å²) in [6.07, 6.45) is 0. The third kappa shape index (κ3) is 2.99. The highest BCUT2D eigenvalue weighted by atomic mass is 32.1. The molecule has 0 unspecified atom stereocenters. The van der Waals surface area contributed by atoms with Crippen LogP contribution in [0.5, 0.6) is 11.5 Å². The van der Waals surface area contributed by atoms with Crippen LogP contribution in [0.4, 0.5) is 21.0 Å². The zero-order valence-corrected chi connectivity index (χ0v) is 13.6. The molecule has 126 valence electrons. The summed E-state index contributed by atoms with van der Waals surface area (Å²) in [5.41, 5.74) is 6.98. The molecular formula is C17H12FN3O3S. The molecule has 0 spiro atoms. The Kier molecular flexibility index (Phi) is 3.73. The summed E-state index contributed by atoms with van der Waals surface area (Å²) in [5, 5.41) is 3.46. The Balaban J connectivity index is 1.59. The summed E-state index contributed by atoms with van der Waals surface area (Å²) in [5.74, 6) is 0.687. The van der Waals surface area contributed by atoms with Gasteiger partial charge in [0.15, 0.2) is 16.6 Å². The number of thiazole rings is 1. The van der Waals surface area contributed by atoms with Crippen molar-refractivity contribution >= 4 is 33.8 Å². The van der Waals surface area contributed by atoms with E-state index in [0.29, 0.717) is 32.8 Å².